The van der Waals surface area contributed by atoms with Crippen molar-refractivity contribution in [1.82, 2.24) is 0 Å². The molecule has 0 aromatic rings. The molecule has 0 aromatic heterocycles. The minimum atomic E-state index is -0.681. The molecule has 1 aliphatic rings. The van der Waals surface area contributed by atoms with Gasteiger partial charge in [0.25, 0.3) is 0 Å². The largest absolute Gasteiger partial charge is 0.344 e. The molecule has 1 aliphatic heterocycles. The molecular weight excluding hydrogens is 124 g/mol. The third-order valence-corrected chi connectivity index (χ3v) is 1.75. The van der Waals surface area contributed by atoms with Gasteiger partial charge in [0.1, 0.15) is 0 Å². The molecule has 0 amide bonds. The van der Waals surface area contributed by atoms with Crippen LogP contribution in [0.25, 0.3) is 0 Å². The summed E-state index contributed by atoms with van der Waals surface area (Å²) < 4.78 is 9.97. The summed E-state index contributed by atoms with van der Waals surface area (Å²) in [6.45, 7) is 0.747. The zero-order valence-corrected chi connectivity index (χ0v) is 5.66. The van der Waals surface area contributed by atoms with Crippen LogP contribution in [-0.2, 0) is 9.47 Å². The molecule has 0 aliphatic carbocycles. The van der Waals surface area contributed by atoms with Crippen molar-refractivity contribution in [3.05, 3.63) is 0 Å². The molecule has 8 heavy (non-hydrogen) atoms. The first-order chi connectivity index (χ1) is 3.77. The van der Waals surface area contributed by atoms with E-state index in [1.54, 1.807) is 7.11 Å². The summed E-state index contributed by atoms with van der Waals surface area (Å²) >= 11 is 4.92. The summed E-state index contributed by atoms with van der Waals surface area (Å²) in [6, 6.07) is 0. The van der Waals surface area contributed by atoms with Crippen molar-refractivity contribution in [1.29, 1.82) is 0 Å². The third-order valence-electron chi connectivity index (χ3n) is 1.26. The minimum Gasteiger partial charge on any atom is -0.344 e. The lowest BCUT2D eigenvalue weighted by Crippen LogP contribution is -2.21. The van der Waals surface area contributed by atoms with Crippen LogP contribution in [0.3, 0.4) is 0 Å². The van der Waals surface area contributed by atoms with Crippen molar-refractivity contribution in [3.63, 3.8) is 0 Å². The van der Waals surface area contributed by atoms with E-state index in [1.807, 2.05) is 0 Å². The van der Waals surface area contributed by atoms with E-state index in [9.17, 15) is 0 Å². The molecule has 2 nitrogen and oxygen atoms in total. The molecule has 3 heteroatoms. The molecule has 47 valence electrons. The number of rotatable bonds is 1. The molecule has 0 bridgehead atoms. The SMILES string of the molecule is COC1([S])CCCO1. The second kappa shape index (κ2) is 2.25. The monoisotopic (exact) mass is 133 g/mol. The topological polar surface area (TPSA) is 18.5 Å². The Hall–Kier alpha value is 0.270. The van der Waals surface area contributed by atoms with Crippen molar-refractivity contribution in [3.8, 4) is 0 Å². The summed E-state index contributed by atoms with van der Waals surface area (Å²) in [7, 11) is 1.58. The molecule has 0 saturated carbocycles. The summed E-state index contributed by atoms with van der Waals surface area (Å²) in [5.41, 5.74) is 0. The second-order valence-corrected chi connectivity index (χ2v) is 2.46. The average molecular weight is 133 g/mol. The molecule has 1 heterocycles. The summed E-state index contributed by atoms with van der Waals surface area (Å²) in [5, 5.41) is -0.681. The van der Waals surface area contributed by atoms with Gasteiger partial charge in [0.2, 0.25) is 5.12 Å². The quantitative estimate of drug-likeness (QED) is 0.536. The normalized spacial score (nSPS) is 38.2. The van der Waals surface area contributed by atoms with Crippen LogP contribution in [0, 0.1) is 0 Å². The Labute approximate surface area is 54.6 Å². The summed E-state index contributed by atoms with van der Waals surface area (Å²) in [4.78, 5) is 0. The van der Waals surface area contributed by atoms with E-state index in [4.69, 9.17) is 22.1 Å². The Bertz CT molecular complexity index is 78.5. The van der Waals surface area contributed by atoms with Crippen LogP contribution < -0.4 is 0 Å². The first-order valence-corrected chi connectivity index (χ1v) is 3.07. The highest BCUT2D eigenvalue weighted by Gasteiger charge is 2.31. The van der Waals surface area contributed by atoms with Crippen LogP contribution in [0.4, 0.5) is 0 Å². The molecule has 1 atom stereocenters. The van der Waals surface area contributed by atoms with Crippen LogP contribution in [0.2, 0.25) is 0 Å². The summed E-state index contributed by atoms with van der Waals surface area (Å²) in [6.07, 6.45) is 1.87. The van der Waals surface area contributed by atoms with Crippen molar-refractivity contribution in [2.24, 2.45) is 0 Å². The molecule has 1 rings (SSSR count). The lowest BCUT2D eigenvalue weighted by atomic mass is 10.4. The first kappa shape index (κ1) is 6.39. The number of hydrogen-bond acceptors (Lipinski definition) is 2. The van der Waals surface area contributed by atoms with Crippen molar-refractivity contribution in [2.45, 2.75) is 18.0 Å². The number of ether oxygens (including phenoxy) is 2. The lowest BCUT2D eigenvalue weighted by molar-refractivity contribution is -0.118. The van der Waals surface area contributed by atoms with E-state index < -0.39 is 5.12 Å². The maximum atomic E-state index is 5.08. The fraction of sp³-hybridized carbons (Fsp3) is 1.00. The zero-order chi connectivity index (χ0) is 6.04. The highest BCUT2D eigenvalue weighted by atomic mass is 32.1. The van der Waals surface area contributed by atoms with Crippen molar-refractivity contribution in [2.75, 3.05) is 13.7 Å². The zero-order valence-electron chi connectivity index (χ0n) is 4.85. The molecule has 1 radical (unpaired) electrons. The van der Waals surface area contributed by atoms with Gasteiger partial charge in [-0.25, -0.2) is 0 Å². The summed E-state index contributed by atoms with van der Waals surface area (Å²) in [5.74, 6) is 0. The second-order valence-electron chi connectivity index (χ2n) is 1.84. The van der Waals surface area contributed by atoms with Crippen LogP contribution >= 0.6 is 12.6 Å². The van der Waals surface area contributed by atoms with Gasteiger partial charge in [-0.05, 0) is 19.0 Å². The lowest BCUT2D eigenvalue weighted by Gasteiger charge is -2.17. The standard InChI is InChI=1S/C5H9O2S/c1-6-5(8)3-2-4-7-5/h2-4H2,1H3. The van der Waals surface area contributed by atoms with Crippen LogP contribution in [0.5, 0.6) is 0 Å². The van der Waals surface area contributed by atoms with Crippen LogP contribution in [0.15, 0.2) is 0 Å². The number of methoxy groups -OCH3 is 1. The van der Waals surface area contributed by atoms with Gasteiger partial charge in [0.05, 0.1) is 6.61 Å². The highest BCUT2D eigenvalue weighted by Crippen LogP contribution is 2.29. The maximum Gasteiger partial charge on any atom is 0.228 e. The Morgan fingerprint density at radius 3 is 2.75 bits per heavy atom. The molecule has 0 aromatic carbocycles. The van der Waals surface area contributed by atoms with E-state index in [-0.39, 0.29) is 0 Å². The highest BCUT2D eigenvalue weighted by molar-refractivity contribution is 7.81. The van der Waals surface area contributed by atoms with E-state index in [1.165, 1.54) is 0 Å². The predicted molar refractivity (Wildman–Crippen MR) is 32.5 cm³/mol. The van der Waals surface area contributed by atoms with Gasteiger partial charge in [0.15, 0.2) is 0 Å². The van der Waals surface area contributed by atoms with E-state index in [0.717, 1.165) is 19.4 Å². The Balaban J connectivity index is 2.40. The minimum absolute atomic E-state index is 0.681. The van der Waals surface area contributed by atoms with Gasteiger partial charge < -0.3 is 9.47 Å². The molecule has 1 saturated heterocycles. The third kappa shape index (κ3) is 1.16. The van der Waals surface area contributed by atoms with Gasteiger partial charge >= 0.3 is 0 Å². The fourth-order valence-corrected chi connectivity index (χ4v) is 0.977. The van der Waals surface area contributed by atoms with Crippen LogP contribution in [-0.4, -0.2) is 18.8 Å². The molecular formula is C5H9O2S. The van der Waals surface area contributed by atoms with Gasteiger partial charge in [-0.2, -0.15) is 0 Å². The van der Waals surface area contributed by atoms with Gasteiger partial charge in [-0.15, -0.1) is 0 Å². The van der Waals surface area contributed by atoms with Crippen molar-refractivity contribution >= 4 is 12.6 Å². The smallest absolute Gasteiger partial charge is 0.228 e. The van der Waals surface area contributed by atoms with Gasteiger partial charge in [-0.3, -0.25) is 0 Å². The maximum absolute atomic E-state index is 5.08. The van der Waals surface area contributed by atoms with E-state index in [2.05, 4.69) is 0 Å². The van der Waals surface area contributed by atoms with Crippen LogP contribution in [0.1, 0.15) is 12.8 Å². The molecule has 0 N–H and O–H groups in total. The van der Waals surface area contributed by atoms with Gasteiger partial charge in [0, 0.05) is 13.5 Å². The van der Waals surface area contributed by atoms with Crippen molar-refractivity contribution < 1.29 is 9.47 Å². The first-order valence-electron chi connectivity index (χ1n) is 2.66. The molecule has 1 fully saturated rings. The Kier molecular flexibility index (Phi) is 1.80. The van der Waals surface area contributed by atoms with E-state index >= 15 is 0 Å². The number of hydrogen-bond donors (Lipinski definition) is 0. The van der Waals surface area contributed by atoms with Gasteiger partial charge in [-0.1, -0.05) is 0 Å². The van der Waals surface area contributed by atoms with E-state index in [0.29, 0.717) is 0 Å². The molecule has 0 spiro atoms. The Morgan fingerprint density at radius 2 is 2.50 bits per heavy atom. The average Bonchev–Trinajstić information content (AvgIpc) is 2.17. The fourth-order valence-electron chi connectivity index (χ4n) is 0.750. The Morgan fingerprint density at radius 1 is 1.75 bits per heavy atom. The predicted octanol–water partition coefficient (Wildman–Crippen LogP) is 1.29. The molecule has 1 unspecified atom stereocenters.